The number of nitrogens with one attached hydrogen (secondary N) is 1. The zero-order valence-corrected chi connectivity index (χ0v) is 7.46. The third-order valence-electron chi connectivity index (χ3n) is 1.91. The molecule has 0 aromatic rings. The van der Waals surface area contributed by atoms with Crippen molar-refractivity contribution in [1.82, 2.24) is 5.48 Å². The first kappa shape index (κ1) is 11.4. The summed E-state index contributed by atoms with van der Waals surface area (Å²) in [6.45, 7) is -0.407. The molecule has 1 saturated heterocycles. The molecule has 4 unspecified atom stereocenters. The summed E-state index contributed by atoms with van der Waals surface area (Å²) in [6, 6.07) is 0. The maximum Gasteiger partial charge on any atom is 0.155 e. The van der Waals surface area contributed by atoms with Gasteiger partial charge in [-0.15, -0.1) is 6.42 Å². The van der Waals surface area contributed by atoms with E-state index in [1.807, 2.05) is 0 Å². The van der Waals surface area contributed by atoms with Crippen LogP contribution in [0.5, 0.6) is 0 Å². The number of rotatable bonds is 3. The fraction of sp³-hybridized carbons (Fsp3) is 0.750. The number of aliphatic hydroxyl groups excluding tert-OH is 3. The van der Waals surface area contributed by atoms with Gasteiger partial charge in [-0.2, -0.15) is 5.48 Å². The van der Waals surface area contributed by atoms with Gasteiger partial charge in [-0.25, -0.2) is 0 Å². The van der Waals surface area contributed by atoms with Gasteiger partial charge in [-0.05, 0) is 0 Å². The molecule has 0 aliphatic carbocycles. The largest absolute Gasteiger partial charge is 0.393 e. The van der Waals surface area contributed by atoms with Gasteiger partial charge in [0.15, 0.2) is 6.23 Å². The van der Waals surface area contributed by atoms with E-state index < -0.39 is 24.5 Å². The van der Waals surface area contributed by atoms with Crippen molar-refractivity contribution in [3.8, 4) is 12.3 Å². The molecule has 4 N–H and O–H groups in total. The molecule has 1 aliphatic rings. The van der Waals surface area contributed by atoms with Gasteiger partial charge in [0, 0.05) is 0 Å². The predicted octanol–water partition coefficient (Wildman–Crippen LogP) is -2.42. The van der Waals surface area contributed by atoms with E-state index in [9.17, 15) is 10.2 Å². The number of terminal acetylenes is 1. The molecule has 1 aliphatic heterocycles. The third kappa shape index (κ3) is 2.42. The lowest BCUT2D eigenvalue weighted by atomic mass is 10.1. The third-order valence-corrected chi connectivity index (χ3v) is 1.91. The molecule has 80 valence electrons. The summed E-state index contributed by atoms with van der Waals surface area (Å²) in [5.74, 6) is 2.21. The van der Waals surface area contributed by atoms with Crippen molar-refractivity contribution in [1.29, 1.82) is 0 Å². The number of hydroxylamine groups is 1. The lowest BCUT2D eigenvalue weighted by Crippen LogP contribution is -2.60. The molecule has 1 fully saturated rings. The summed E-state index contributed by atoms with van der Waals surface area (Å²) in [4.78, 5) is 4.73. The van der Waals surface area contributed by atoms with Crippen molar-refractivity contribution in [2.75, 3.05) is 13.2 Å². The smallest absolute Gasteiger partial charge is 0.155 e. The van der Waals surface area contributed by atoms with E-state index in [1.165, 1.54) is 0 Å². The first-order valence-electron chi connectivity index (χ1n) is 4.14. The Labute approximate surface area is 81.4 Å². The Balaban J connectivity index is 2.55. The first-order chi connectivity index (χ1) is 6.70. The van der Waals surface area contributed by atoms with Gasteiger partial charge in [0.25, 0.3) is 0 Å². The number of aliphatic hydroxyl groups is 3. The Kier molecular flexibility index (Phi) is 4.28. The fourth-order valence-corrected chi connectivity index (χ4v) is 1.17. The summed E-state index contributed by atoms with van der Waals surface area (Å²) >= 11 is 0. The van der Waals surface area contributed by atoms with E-state index in [1.54, 1.807) is 0 Å². The molecule has 0 amide bonds. The van der Waals surface area contributed by atoms with E-state index in [2.05, 4.69) is 11.4 Å². The van der Waals surface area contributed by atoms with Crippen LogP contribution in [0.4, 0.5) is 0 Å². The topological polar surface area (TPSA) is 91.2 Å². The van der Waals surface area contributed by atoms with Gasteiger partial charge >= 0.3 is 0 Å². The second-order valence-electron chi connectivity index (χ2n) is 2.87. The van der Waals surface area contributed by atoms with Gasteiger partial charge in [0.1, 0.15) is 24.9 Å². The highest BCUT2D eigenvalue weighted by Gasteiger charge is 2.39. The summed E-state index contributed by atoms with van der Waals surface area (Å²) in [7, 11) is 0. The summed E-state index contributed by atoms with van der Waals surface area (Å²) < 4.78 is 5.00. The fourth-order valence-electron chi connectivity index (χ4n) is 1.17. The molecule has 0 aromatic carbocycles. The van der Waals surface area contributed by atoms with Crippen LogP contribution in [0.15, 0.2) is 0 Å². The van der Waals surface area contributed by atoms with Crippen LogP contribution in [-0.4, -0.2) is 53.1 Å². The molecule has 0 spiro atoms. The molecule has 0 saturated carbocycles. The zero-order chi connectivity index (χ0) is 10.6. The molecule has 4 atom stereocenters. The van der Waals surface area contributed by atoms with Gasteiger partial charge < -0.3 is 20.1 Å². The van der Waals surface area contributed by atoms with E-state index in [4.69, 9.17) is 21.1 Å². The Bertz CT molecular complexity index is 216. The monoisotopic (exact) mass is 203 g/mol. The van der Waals surface area contributed by atoms with Gasteiger partial charge in [-0.1, -0.05) is 5.92 Å². The molecule has 6 heteroatoms. The Hall–Kier alpha value is -0.680. The molecule has 0 radical (unpaired) electrons. The average molecular weight is 203 g/mol. The Morgan fingerprint density at radius 3 is 2.79 bits per heavy atom. The van der Waals surface area contributed by atoms with E-state index in [0.717, 1.165) is 0 Å². The lowest BCUT2D eigenvalue weighted by molar-refractivity contribution is -0.251. The van der Waals surface area contributed by atoms with E-state index in [-0.39, 0.29) is 13.2 Å². The average Bonchev–Trinajstić information content (AvgIpc) is 2.18. The molecular weight excluding hydrogens is 190 g/mol. The second kappa shape index (κ2) is 5.26. The quantitative estimate of drug-likeness (QED) is 0.382. The van der Waals surface area contributed by atoms with Crippen molar-refractivity contribution in [2.45, 2.75) is 24.5 Å². The highest BCUT2D eigenvalue weighted by atomic mass is 16.7. The minimum Gasteiger partial charge on any atom is -0.393 e. The zero-order valence-electron chi connectivity index (χ0n) is 7.46. The second-order valence-corrected chi connectivity index (χ2v) is 2.87. The van der Waals surface area contributed by atoms with Crippen LogP contribution in [0.1, 0.15) is 0 Å². The lowest BCUT2D eigenvalue weighted by Gasteiger charge is -2.36. The Morgan fingerprint density at radius 2 is 2.21 bits per heavy atom. The van der Waals surface area contributed by atoms with Crippen molar-refractivity contribution in [3.05, 3.63) is 0 Å². The van der Waals surface area contributed by atoms with Crippen molar-refractivity contribution in [2.24, 2.45) is 0 Å². The highest BCUT2D eigenvalue weighted by molar-refractivity contribution is 4.88. The molecule has 0 bridgehead atoms. The van der Waals surface area contributed by atoms with Crippen LogP contribution >= 0.6 is 0 Å². The minimum atomic E-state index is -1.17. The van der Waals surface area contributed by atoms with Crippen LogP contribution in [0, 0.1) is 12.3 Å². The number of ether oxygens (including phenoxy) is 1. The number of hydrogen-bond donors (Lipinski definition) is 4. The molecular formula is C8H13NO5. The summed E-state index contributed by atoms with van der Waals surface area (Å²) in [6.07, 6.45) is 0.940. The Morgan fingerprint density at radius 1 is 1.50 bits per heavy atom. The maximum absolute atomic E-state index is 9.55. The molecule has 1 heterocycles. The molecule has 6 nitrogen and oxygen atoms in total. The minimum absolute atomic E-state index is 0.0292. The standard InChI is InChI=1S/C8H13NO5/c1-2-3-13-7-6(11)5(4-10)14-9-8(7)12/h1,5-12H,3-4H2. The van der Waals surface area contributed by atoms with E-state index >= 15 is 0 Å². The van der Waals surface area contributed by atoms with Crippen molar-refractivity contribution >= 4 is 0 Å². The SMILES string of the molecule is C#CCOC1C(O)NOC(CO)C1O. The number of hydrogen-bond acceptors (Lipinski definition) is 6. The van der Waals surface area contributed by atoms with Crippen molar-refractivity contribution < 1.29 is 24.9 Å². The van der Waals surface area contributed by atoms with Crippen molar-refractivity contribution in [3.63, 3.8) is 0 Å². The molecule has 0 aromatic heterocycles. The van der Waals surface area contributed by atoms with Gasteiger partial charge in [0.2, 0.25) is 0 Å². The highest BCUT2D eigenvalue weighted by Crippen LogP contribution is 2.14. The molecule has 1 rings (SSSR count). The summed E-state index contributed by atoms with van der Waals surface area (Å²) in [5.41, 5.74) is 2.21. The first-order valence-corrected chi connectivity index (χ1v) is 4.14. The summed E-state index contributed by atoms with van der Waals surface area (Å²) in [5, 5.41) is 27.6. The van der Waals surface area contributed by atoms with Crippen LogP contribution in [0.2, 0.25) is 0 Å². The maximum atomic E-state index is 9.55. The normalized spacial score (nSPS) is 37.9. The van der Waals surface area contributed by atoms with Crippen LogP contribution < -0.4 is 5.48 Å². The predicted molar refractivity (Wildman–Crippen MR) is 45.7 cm³/mol. The van der Waals surface area contributed by atoms with Gasteiger partial charge in [-0.3, -0.25) is 4.84 Å². The van der Waals surface area contributed by atoms with Crippen LogP contribution in [0.3, 0.4) is 0 Å². The van der Waals surface area contributed by atoms with E-state index in [0.29, 0.717) is 0 Å². The van der Waals surface area contributed by atoms with Crippen LogP contribution in [-0.2, 0) is 9.57 Å². The van der Waals surface area contributed by atoms with Crippen LogP contribution in [0.25, 0.3) is 0 Å². The van der Waals surface area contributed by atoms with Gasteiger partial charge in [0.05, 0.1) is 6.61 Å². The molecule has 14 heavy (non-hydrogen) atoms.